The highest BCUT2D eigenvalue weighted by molar-refractivity contribution is 5.93. The number of nitrogens with two attached hydrogens (primary N) is 1. The molecule has 23 heavy (non-hydrogen) atoms. The van der Waals surface area contributed by atoms with Crippen molar-refractivity contribution in [2.45, 2.75) is 53.4 Å². The van der Waals surface area contributed by atoms with Crippen molar-refractivity contribution in [1.82, 2.24) is 0 Å². The van der Waals surface area contributed by atoms with Crippen molar-refractivity contribution in [3.8, 4) is 0 Å². The van der Waals surface area contributed by atoms with Crippen LogP contribution < -0.4 is 11.1 Å². The molecule has 0 aliphatic heterocycles. The lowest BCUT2D eigenvalue weighted by molar-refractivity contribution is 0.246. The van der Waals surface area contributed by atoms with E-state index < -0.39 is 0 Å². The summed E-state index contributed by atoms with van der Waals surface area (Å²) in [6.45, 7) is 9.55. The number of guanidine groups is 1. The topological polar surface area (TPSA) is 70.6 Å². The Morgan fingerprint density at radius 1 is 1.22 bits per heavy atom. The lowest BCUT2D eigenvalue weighted by Crippen LogP contribution is -2.25. The van der Waals surface area contributed by atoms with Crippen molar-refractivity contribution < 1.29 is 5.11 Å². The molecule has 0 amide bonds. The van der Waals surface area contributed by atoms with E-state index in [1.807, 2.05) is 0 Å². The summed E-state index contributed by atoms with van der Waals surface area (Å²) < 4.78 is 0. The van der Waals surface area contributed by atoms with Crippen LogP contribution in [0.25, 0.3) is 0 Å². The van der Waals surface area contributed by atoms with Crippen molar-refractivity contribution in [2.75, 3.05) is 18.5 Å². The van der Waals surface area contributed by atoms with E-state index in [0.29, 0.717) is 24.3 Å². The van der Waals surface area contributed by atoms with Gasteiger partial charge in [0.05, 0.1) is 0 Å². The highest BCUT2D eigenvalue weighted by Crippen LogP contribution is 2.22. The van der Waals surface area contributed by atoms with E-state index in [9.17, 15) is 5.11 Å². The second-order valence-electron chi connectivity index (χ2n) is 6.52. The van der Waals surface area contributed by atoms with E-state index in [1.165, 1.54) is 11.1 Å². The minimum absolute atomic E-state index is 0.207. The standard InChI is InChI=1S/C19H33N3O/c1-5-16-8-7-9-17(6-2)18(16)22-19(20)21-13-15(10-11-23)12-14(3)4/h7-9,14-15,23H,5-6,10-13H2,1-4H3,(H3,20,21,22). The fraction of sp³-hybridized carbons (Fsp3) is 0.632. The summed E-state index contributed by atoms with van der Waals surface area (Å²) in [6.07, 6.45) is 3.76. The van der Waals surface area contributed by atoms with Crippen LogP contribution >= 0.6 is 0 Å². The molecular formula is C19H33N3O. The molecule has 0 aromatic heterocycles. The van der Waals surface area contributed by atoms with Gasteiger partial charge in [-0.05, 0) is 48.6 Å². The van der Waals surface area contributed by atoms with Gasteiger partial charge in [-0.1, -0.05) is 45.9 Å². The zero-order chi connectivity index (χ0) is 17.2. The number of hydrogen-bond acceptors (Lipinski definition) is 2. The number of aliphatic hydroxyl groups excluding tert-OH is 1. The van der Waals surface area contributed by atoms with Crippen molar-refractivity contribution in [3.05, 3.63) is 29.3 Å². The normalized spacial score (nSPS) is 13.4. The zero-order valence-corrected chi connectivity index (χ0v) is 15.1. The highest BCUT2D eigenvalue weighted by Gasteiger charge is 2.11. The number of anilines is 1. The van der Waals surface area contributed by atoms with Crippen LogP contribution in [0.2, 0.25) is 0 Å². The Morgan fingerprint density at radius 2 is 1.83 bits per heavy atom. The molecule has 0 saturated carbocycles. The van der Waals surface area contributed by atoms with E-state index in [4.69, 9.17) is 5.73 Å². The van der Waals surface area contributed by atoms with Crippen LogP contribution in [0.5, 0.6) is 0 Å². The minimum Gasteiger partial charge on any atom is -0.396 e. The van der Waals surface area contributed by atoms with Gasteiger partial charge < -0.3 is 16.2 Å². The van der Waals surface area contributed by atoms with Crippen LogP contribution in [0.15, 0.2) is 23.2 Å². The Kier molecular flexibility index (Phi) is 8.70. The lowest BCUT2D eigenvalue weighted by Gasteiger charge is -2.17. The Hall–Kier alpha value is -1.55. The first-order chi connectivity index (χ1) is 11.0. The molecular weight excluding hydrogens is 286 g/mol. The van der Waals surface area contributed by atoms with Gasteiger partial charge in [-0.3, -0.25) is 4.99 Å². The van der Waals surface area contributed by atoms with E-state index in [0.717, 1.165) is 31.4 Å². The molecule has 4 heteroatoms. The van der Waals surface area contributed by atoms with Gasteiger partial charge in [0.15, 0.2) is 5.96 Å². The summed E-state index contributed by atoms with van der Waals surface area (Å²) in [5.41, 5.74) is 9.72. The predicted octanol–water partition coefficient (Wildman–Crippen LogP) is 3.58. The quantitative estimate of drug-likeness (QED) is 0.481. The summed E-state index contributed by atoms with van der Waals surface area (Å²) in [5.74, 6) is 1.45. The van der Waals surface area contributed by atoms with Crippen LogP contribution in [-0.2, 0) is 12.8 Å². The molecule has 4 nitrogen and oxygen atoms in total. The Labute approximate surface area is 141 Å². The van der Waals surface area contributed by atoms with Crippen LogP contribution in [0, 0.1) is 11.8 Å². The number of aliphatic imine (C=N–C) groups is 1. The molecule has 0 saturated heterocycles. The van der Waals surface area contributed by atoms with E-state index in [-0.39, 0.29) is 6.61 Å². The molecule has 0 aliphatic carbocycles. The number of hydrogen-bond donors (Lipinski definition) is 3. The third-order valence-corrected chi connectivity index (χ3v) is 4.11. The van der Waals surface area contributed by atoms with Crippen LogP contribution in [0.4, 0.5) is 5.69 Å². The monoisotopic (exact) mass is 319 g/mol. The molecule has 4 N–H and O–H groups in total. The average Bonchev–Trinajstić information content (AvgIpc) is 2.52. The van der Waals surface area contributed by atoms with Crippen molar-refractivity contribution >= 4 is 11.6 Å². The lowest BCUT2D eigenvalue weighted by atomic mass is 9.94. The zero-order valence-electron chi connectivity index (χ0n) is 15.1. The second-order valence-corrected chi connectivity index (χ2v) is 6.52. The molecule has 0 aliphatic rings. The number of nitrogens with one attached hydrogen (secondary N) is 1. The molecule has 0 radical (unpaired) electrons. The predicted molar refractivity (Wildman–Crippen MR) is 100.0 cm³/mol. The first-order valence-corrected chi connectivity index (χ1v) is 8.80. The highest BCUT2D eigenvalue weighted by atomic mass is 16.3. The van der Waals surface area contributed by atoms with Gasteiger partial charge in [0.1, 0.15) is 0 Å². The largest absolute Gasteiger partial charge is 0.396 e. The molecule has 0 heterocycles. The molecule has 1 rings (SSSR count). The smallest absolute Gasteiger partial charge is 0.193 e. The maximum absolute atomic E-state index is 9.19. The Bertz CT molecular complexity index is 475. The van der Waals surface area contributed by atoms with Gasteiger partial charge in [-0.2, -0.15) is 0 Å². The third-order valence-electron chi connectivity index (χ3n) is 4.11. The first kappa shape index (κ1) is 19.5. The van der Waals surface area contributed by atoms with Crippen LogP contribution in [0.1, 0.15) is 51.7 Å². The van der Waals surface area contributed by atoms with Gasteiger partial charge in [0.2, 0.25) is 0 Å². The van der Waals surface area contributed by atoms with Crippen LogP contribution in [0.3, 0.4) is 0 Å². The molecule has 1 aromatic carbocycles. The average molecular weight is 319 g/mol. The fourth-order valence-corrected chi connectivity index (χ4v) is 2.93. The first-order valence-electron chi connectivity index (χ1n) is 8.80. The number of nitrogens with zero attached hydrogens (tertiary/aromatic N) is 1. The molecule has 1 unspecified atom stereocenters. The maximum Gasteiger partial charge on any atom is 0.193 e. The summed E-state index contributed by atoms with van der Waals surface area (Å²) in [5, 5.41) is 12.5. The molecule has 0 spiro atoms. The van der Waals surface area contributed by atoms with Gasteiger partial charge in [-0.15, -0.1) is 0 Å². The van der Waals surface area contributed by atoms with Crippen molar-refractivity contribution in [3.63, 3.8) is 0 Å². The number of aliphatic hydroxyl groups is 1. The number of benzene rings is 1. The number of para-hydroxylation sites is 1. The summed E-state index contributed by atoms with van der Waals surface area (Å²) in [4.78, 5) is 4.51. The van der Waals surface area contributed by atoms with E-state index in [1.54, 1.807) is 0 Å². The number of aryl methyl sites for hydroxylation is 2. The minimum atomic E-state index is 0.207. The molecule has 1 aromatic rings. The summed E-state index contributed by atoms with van der Waals surface area (Å²) in [7, 11) is 0. The maximum atomic E-state index is 9.19. The second kappa shape index (κ2) is 10.3. The van der Waals surface area contributed by atoms with Crippen molar-refractivity contribution in [2.24, 2.45) is 22.6 Å². The summed E-state index contributed by atoms with van der Waals surface area (Å²) >= 11 is 0. The van der Waals surface area contributed by atoms with Gasteiger partial charge in [-0.25, -0.2) is 0 Å². The fourth-order valence-electron chi connectivity index (χ4n) is 2.93. The van der Waals surface area contributed by atoms with Gasteiger partial charge in [0, 0.05) is 18.8 Å². The Morgan fingerprint density at radius 3 is 2.30 bits per heavy atom. The summed E-state index contributed by atoms with van der Waals surface area (Å²) in [6, 6.07) is 6.35. The molecule has 0 fully saturated rings. The molecule has 1 atom stereocenters. The van der Waals surface area contributed by atoms with E-state index >= 15 is 0 Å². The Balaban J connectivity index is 2.79. The number of rotatable bonds is 9. The van der Waals surface area contributed by atoms with E-state index in [2.05, 4.69) is 56.2 Å². The molecule has 0 bridgehead atoms. The van der Waals surface area contributed by atoms with Gasteiger partial charge in [0.25, 0.3) is 0 Å². The third kappa shape index (κ3) is 6.61. The SMILES string of the molecule is CCc1cccc(CC)c1NC(N)=NCC(CCO)CC(C)C. The van der Waals surface area contributed by atoms with Crippen LogP contribution in [-0.4, -0.2) is 24.2 Å². The molecule has 130 valence electrons. The van der Waals surface area contributed by atoms with Crippen molar-refractivity contribution in [1.29, 1.82) is 0 Å². The van der Waals surface area contributed by atoms with Gasteiger partial charge >= 0.3 is 0 Å².